The minimum atomic E-state index is -3.33. The van der Waals surface area contributed by atoms with Crippen LogP contribution >= 0.6 is 27.3 Å². The molecule has 0 radical (unpaired) electrons. The molecule has 1 N–H and O–H groups in total. The van der Waals surface area contributed by atoms with Crippen molar-refractivity contribution < 1.29 is 8.42 Å². The standard InChI is InChI=1S/C12H18BrNO2S2/c13-11-7-9-17-12(11)18(15,16)14-8-6-10-4-2-1-3-5-10/h7,9-10,14H,1-6,8H2. The molecule has 0 unspecified atom stereocenters. The highest BCUT2D eigenvalue weighted by atomic mass is 79.9. The Kier molecular flexibility index (Phi) is 5.24. The lowest BCUT2D eigenvalue weighted by atomic mass is 9.87. The van der Waals surface area contributed by atoms with Crippen LogP contribution in [-0.2, 0) is 10.0 Å². The van der Waals surface area contributed by atoms with E-state index in [1.807, 2.05) is 0 Å². The number of hydrogen-bond donors (Lipinski definition) is 1. The van der Waals surface area contributed by atoms with Crippen LogP contribution in [0.2, 0.25) is 0 Å². The summed E-state index contributed by atoms with van der Waals surface area (Å²) in [6, 6.07) is 1.76. The van der Waals surface area contributed by atoms with Gasteiger partial charge in [0.25, 0.3) is 10.0 Å². The first-order valence-corrected chi connectivity index (χ1v) is 9.48. The molecule has 18 heavy (non-hydrogen) atoms. The maximum absolute atomic E-state index is 12.0. The minimum Gasteiger partial charge on any atom is -0.210 e. The molecule has 0 aliphatic heterocycles. The Morgan fingerprint density at radius 1 is 1.33 bits per heavy atom. The Morgan fingerprint density at radius 3 is 2.67 bits per heavy atom. The zero-order chi connectivity index (χ0) is 13.0. The van der Waals surface area contributed by atoms with E-state index in [0.717, 1.165) is 6.42 Å². The number of hydrogen-bond acceptors (Lipinski definition) is 3. The molecule has 0 spiro atoms. The number of thiophene rings is 1. The molecule has 6 heteroatoms. The highest BCUT2D eigenvalue weighted by molar-refractivity contribution is 9.10. The number of halogens is 1. The van der Waals surface area contributed by atoms with Gasteiger partial charge in [-0.1, -0.05) is 32.1 Å². The summed E-state index contributed by atoms with van der Waals surface area (Å²) in [5, 5.41) is 1.78. The Morgan fingerprint density at radius 2 is 2.06 bits per heavy atom. The molecule has 1 aromatic rings. The average molecular weight is 352 g/mol. The van der Waals surface area contributed by atoms with Gasteiger partial charge < -0.3 is 0 Å². The van der Waals surface area contributed by atoms with Gasteiger partial charge in [0.1, 0.15) is 4.21 Å². The largest absolute Gasteiger partial charge is 0.251 e. The molecular formula is C12H18BrNO2S2. The molecule has 0 atom stereocenters. The van der Waals surface area contributed by atoms with Crippen molar-refractivity contribution in [2.45, 2.75) is 42.7 Å². The lowest BCUT2D eigenvalue weighted by Gasteiger charge is -2.21. The second-order valence-corrected chi connectivity index (χ2v) is 8.48. The van der Waals surface area contributed by atoms with Crippen molar-refractivity contribution in [3.8, 4) is 0 Å². The fourth-order valence-electron chi connectivity index (χ4n) is 2.41. The van der Waals surface area contributed by atoms with Crippen LogP contribution in [0.3, 0.4) is 0 Å². The molecule has 1 fully saturated rings. The number of sulfonamides is 1. The molecule has 0 saturated heterocycles. The smallest absolute Gasteiger partial charge is 0.210 e. The molecular weight excluding hydrogens is 334 g/mol. The summed E-state index contributed by atoms with van der Waals surface area (Å²) in [5.74, 6) is 0.702. The average Bonchev–Trinajstić information content (AvgIpc) is 2.77. The third-order valence-electron chi connectivity index (χ3n) is 3.40. The first-order chi connectivity index (χ1) is 8.59. The van der Waals surface area contributed by atoms with Crippen LogP contribution < -0.4 is 4.72 Å². The van der Waals surface area contributed by atoms with Gasteiger partial charge in [-0.3, -0.25) is 0 Å². The lowest BCUT2D eigenvalue weighted by Crippen LogP contribution is -2.26. The van der Waals surface area contributed by atoms with E-state index in [1.54, 1.807) is 11.4 Å². The van der Waals surface area contributed by atoms with Gasteiger partial charge in [0.05, 0.1) is 0 Å². The van der Waals surface area contributed by atoms with Gasteiger partial charge in [-0.25, -0.2) is 13.1 Å². The molecule has 2 rings (SSSR count). The summed E-state index contributed by atoms with van der Waals surface area (Å²) in [7, 11) is -3.33. The van der Waals surface area contributed by atoms with Gasteiger partial charge in [-0.05, 0) is 39.7 Å². The van der Waals surface area contributed by atoms with Crippen LogP contribution in [-0.4, -0.2) is 15.0 Å². The molecule has 3 nitrogen and oxygen atoms in total. The maximum atomic E-state index is 12.0. The summed E-state index contributed by atoms with van der Waals surface area (Å²) < 4.78 is 27.8. The molecule has 0 amide bonds. The van der Waals surface area contributed by atoms with Gasteiger partial charge in [0, 0.05) is 11.0 Å². The fraction of sp³-hybridized carbons (Fsp3) is 0.667. The second kappa shape index (κ2) is 6.50. The predicted molar refractivity (Wildman–Crippen MR) is 78.4 cm³/mol. The molecule has 1 saturated carbocycles. The van der Waals surface area contributed by atoms with Crippen LogP contribution in [0.4, 0.5) is 0 Å². The van der Waals surface area contributed by atoms with E-state index < -0.39 is 10.0 Å². The zero-order valence-electron chi connectivity index (χ0n) is 10.2. The Hall–Kier alpha value is 0.0900. The van der Waals surface area contributed by atoms with E-state index in [9.17, 15) is 8.42 Å². The third-order valence-corrected chi connectivity index (χ3v) is 7.53. The molecule has 1 heterocycles. The van der Waals surface area contributed by atoms with E-state index in [2.05, 4.69) is 20.7 Å². The molecule has 0 aromatic carbocycles. The number of rotatable bonds is 5. The Balaban J connectivity index is 1.84. The molecule has 102 valence electrons. The summed E-state index contributed by atoms with van der Waals surface area (Å²) in [5.41, 5.74) is 0. The first-order valence-electron chi connectivity index (χ1n) is 6.32. The van der Waals surface area contributed by atoms with Crippen molar-refractivity contribution in [2.75, 3.05) is 6.54 Å². The van der Waals surface area contributed by atoms with Gasteiger partial charge in [-0.15, -0.1) is 11.3 Å². The molecule has 1 aliphatic carbocycles. The summed E-state index contributed by atoms with van der Waals surface area (Å²) in [6.07, 6.45) is 7.41. The van der Waals surface area contributed by atoms with Crippen molar-refractivity contribution in [3.05, 3.63) is 15.9 Å². The van der Waals surface area contributed by atoms with Gasteiger partial charge >= 0.3 is 0 Å². The summed E-state index contributed by atoms with van der Waals surface area (Å²) >= 11 is 4.51. The quantitative estimate of drug-likeness (QED) is 0.877. The van der Waals surface area contributed by atoms with Gasteiger partial charge in [0.2, 0.25) is 0 Å². The normalized spacial score (nSPS) is 18.1. The van der Waals surface area contributed by atoms with Gasteiger partial charge in [0.15, 0.2) is 0 Å². The van der Waals surface area contributed by atoms with Crippen LogP contribution in [0, 0.1) is 5.92 Å². The molecule has 1 aliphatic rings. The monoisotopic (exact) mass is 351 g/mol. The Labute approximate surface area is 121 Å². The molecule has 1 aromatic heterocycles. The summed E-state index contributed by atoms with van der Waals surface area (Å²) in [4.78, 5) is 0. The van der Waals surface area contributed by atoms with Crippen LogP contribution in [0.15, 0.2) is 20.1 Å². The topological polar surface area (TPSA) is 46.2 Å². The van der Waals surface area contributed by atoms with Crippen molar-refractivity contribution in [1.29, 1.82) is 0 Å². The van der Waals surface area contributed by atoms with Crippen molar-refractivity contribution in [1.82, 2.24) is 4.72 Å². The van der Waals surface area contributed by atoms with E-state index in [1.165, 1.54) is 43.4 Å². The zero-order valence-corrected chi connectivity index (χ0v) is 13.4. The highest BCUT2D eigenvalue weighted by Crippen LogP contribution is 2.28. The molecule has 0 bridgehead atoms. The van der Waals surface area contributed by atoms with Crippen LogP contribution in [0.1, 0.15) is 38.5 Å². The van der Waals surface area contributed by atoms with Crippen molar-refractivity contribution in [3.63, 3.8) is 0 Å². The van der Waals surface area contributed by atoms with E-state index in [-0.39, 0.29) is 0 Å². The summed E-state index contributed by atoms with van der Waals surface area (Å²) in [6.45, 7) is 0.553. The lowest BCUT2D eigenvalue weighted by molar-refractivity contribution is 0.340. The second-order valence-electron chi connectivity index (χ2n) is 4.75. The highest BCUT2D eigenvalue weighted by Gasteiger charge is 2.20. The van der Waals surface area contributed by atoms with Crippen LogP contribution in [0.25, 0.3) is 0 Å². The van der Waals surface area contributed by atoms with E-state index >= 15 is 0 Å². The van der Waals surface area contributed by atoms with Crippen molar-refractivity contribution in [2.24, 2.45) is 5.92 Å². The maximum Gasteiger partial charge on any atom is 0.251 e. The number of nitrogens with one attached hydrogen (secondary N) is 1. The van der Waals surface area contributed by atoms with Crippen LogP contribution in [0.5, 0.6) is 0 Å². The predicted octanol–water partition coefficient (Wildman–Crippen LogP) is 3.76. The van der Waals surface area contributed by atoms with E-state index in [4.69, 9.17) is 0 Å². The fourth-order valence-corrected chi connectivity index (χ4v) is 5.84. The third kappa shape index (κ3) is 3.79. The van der Waals surface area contributed by atoms with Crippen molar-refractivity contribution >= 4 is 37.3 Å². The first kappa shape index (κ1) is 14.5. The SMILES string of the molecule is O=S(=O)(NCCC1CCCCC1)c1sccc1Br. The minimum absolute atomic E-state index is 0.381. The Bertz CT molecular complexity index is 478. The van der Waals surface area contributed by atoms with E-state index in [0.29, 0.717) is 21.1 Å². The van der Waals surface area contributed by atoms with Gasteiger partial charge in [-0.2, -0.15) is 0 Å².